The maximum absolute atomic E-state index is 12.7. The number of nitrogens with zero attached hydrogens (tertiary/aromatic N) is 3. The lowest BCUT2D eigenvalue weighted by Crippen LogP contribution is -2.49. The molecular weight excluding hydrogens is 404 g/mol. The topological polar surface area (TPSA) is 121 Å². The van der Waals surface area contributed by atoms with Gasteiger partial charge in [-0.25, -0.2) is 17.2 Å². The molecule has 0 spiro atoms. The molecular formula is C14H13F2N5O4S2. The highest BCUT2D eigenvalue weighted by Crippen LogP contribution is 2.25. The molecule has 1 aromatic carbocycles. The van der Waals surface area contributed by atoms with Gasteiger partial charge in [0.05, 0.1) is 11.4 Å². The molecule has 0 saturated carbocycles. The predicted molar refractivity (Wildman–Crippen MR) is 91.0 cm³/mol. The number of anilines is 1. The van der Waals surface area contributed by atoms with E-state index in [1.165, 1.54) is 18.2 Å². The van der Waals surface area contributed by atoms with Crippen molar-refractivity contribution in [1.29, 1.82) is 0 Å². The van der Waals surface area contributed by atoms with Crippen molar-refractivity contribution >= 4 is 38.3 Å². The first kappa shape index (κ1) is 19.3. The lowest BCUT2D eigenvalue weighted by molar-refractivity contribution is -0.122. The molecule has 3 rings (SSSR count). The third-order valence-corrected chi connectivity index (χ3v) is 6.27. The van der Waals surface area contributed by atoms with Gasteiger partial charge in [0, 0.05) is 18.7 Å². The molecule has 0 atom stereocenters. The van der Waals surface area contributed by atoms with Gasteiger partial charge in [-0.15, -0.1) is 10.2 Å². The zero-order valence-electron chi connectivity index (χ0n) is 13.6. The Kier molecular flexibility index (Phi) is 5.43. The average molecular weight is 417 g/mol. The second kappa shape index (κ2) is 7.62. The summed E-state index contributed by atoms with van der Waals surface area (Å²) in [6.07, 6.45) is -2.80. The Morgan fingerprint density at radius 3 is 2.78 bits per heavy atom. The number of aromatic nitrogens is 2. The van der Waals surface area contributed by atoms with Crippen LogP contribution < -0.4 is 10.6 Å². The largest absolute Gasteiger partial charge is 0.354 e. The number of carbonyl (C=O) groups is 2. The van der Waals surface area contributed by atoms with Crippen LogP contribution in [0.5, 0.6) is 0 Å². The molecule has 0 unspecified atom stereocenters. The van der Waals surface area contributed by atoms with E-state index in [4.69, 9.17) is 0 Å². The molecule has 2 amide bonds. The Balaban J connectivity index is 1.79. The normalized spacial score (nSPS) is 15.6. The number of halogens is 2. The summed E-state index contributed by atoms with van der Waals surface area (Å²) in [7, 11) is -3.96. The van der Waals surface area contributed by atoms with Crippen molar-refractivity contribution in [1.82, 2.24) is 19.8 Å². The molecule has 27 heavy (non-hydrogen) atoms. The monoisotopic (exact) mass is 417 g/mol. The molecule has 13 heteroatoms. The standard InChI is InChI=1S/C14H13F2N5O4S2/c15-11(16)13-19-20-14(26-13)18-12(23)8-2-1-3-9(6-8)27(24,25)21-5-4-17-10(22)7-21/h1-3,6,11H,4-5,7H2,(H,17,22)(H,18,20,23). The Bertz CT molecular complexity index is 979. The highest BCUT2D eigenvalue weighted by molar-refractivity contribution is 7.89. The van der Waals surface area contributed by atoms with Gasteiger partial charge in [0.2, 0.25) is 21.1 Å². The molecule has 0 radical (unpaired) electrons. The Labute approximate surface area is 156 Å². The second-order valence-corrected chi connectivity index (χ2v) is 8.36. The van der Waals surface area contributed by atoms with Crippen LogP contribution in [0.3, 0.4) is 0 Å². The van der Waals surface area contributed by atoms with Crippen molar-refractivity contribution < 1.29 is 26.8 Å². The van der Waals surface area contributed by atoms with Crippen molar-refractivity contribution in [3.05, 3.63) is 34.8 Å². The van der Waals surface area contributed by atoms with E-state index in [0.29, 0.717) is 11.3 Å². The van der Waals surface area contributed by atoms with Crippen molar-refractivity contribution in [3.8, 4) is 0 Å². The van der Waals surface area contributed by atoms with E-state index >= 15 is 0 Å². The van der Waals surface area contributed by atoms with Crippen LogP contribution in [0.2, 0.25) is 0 Å². The van der Waals surface area contributed by atoms with Gasteiger partial charge in [0.15, 0.2) is 5.01 Å². The van der Waals surface area contributed by atoms with Gasteiger partial charge in [-0.05, 0) is 18.2 Å². The van der Waals surface area contributed by atoms with Crippen LogP contribution in [0, 0.1) is 0 Å². The van der Waals surface area contributed by atoms with Gasteiger partial charge >= 0.3 is 0 Å². The number of nitrogens with one attached hydrogen (secondary N) is 2. The van der Waals surface area contributed by atoms with Gasteiger partial charge in [-0.2, -0.15) is 4.31 Å². The van der Waals surface area contributed by atoms with Gasteiger partial charge in [0.25, 0.3) is 12.3 Å². The highest BCUT2D eigenvalue weighted by Gasteiger charge is 2.29. The number of hydrogen-bond donors (Lipinski definition) is 2. The van der Waals surface area contributed by atoms with Crippen LogP contribution >= 0.6 is 11.3 Å². The highest BCUT2D eigenvalue weighted by atomic mass is 32.2. The summed E-state index contributed by atoms with van der Waals surface area (Å²) < 4.78 is 51.4. The zero-order chi connectivity index (χ0) is 19.6. The molecule has 1 saturated heterocycles. The van der Waals surface area contributed by atoms with E-state index in [0.717, 1.165) is 10.4 Å². The van der Waals surface area contributed by atoms with Gasteiger partial charge in [-0.3, -0.25) is 14.9 Å². The summed E-state index contributed by atoms with van der Waals surface area (Å²) >= 11 is 0.522. The first-order chi connectivity index (χ1) is 12.8. The number of hydrogen-bond acceptors (Lipinski definition) is 7. The predicted octanol–water partition coefficient (Wildman–Crippen LogP) is 0.848. The van der Waals surface area contributed by atoms with E-state index in [1.54, 1.807) is 0 Å². The molecule has 144 valence electrons. The third kappa shape index (κ3) is 4.26. The molecule has 1 aliphatic heterocycles. The third-order valence-electron chi connectivity index (χ3n) is 3.59. The average Bonchev–Trinajstić information content (AvgIpc) is 3.10. The maximum atomic E-state index is 12.7. The Morgan fingerprint density at radius 1 is 1.33 bits per heavy atom. The van der Waals surface area contributed by atoms with Crippen LogP contribution in [0.1, 0.15) is 21.8 Å². The van der Waals surface area contributed by atoms with Crippen LogP contribution in [0.4, 0.5) is 13.9 Å². The van der Waals surface area contributed by atoms with Crippen LogP contribution in [-0.2, 0) is 14.8 Å². The van der Waals surface area contributed by atoms with Crippen LogP contribution in [-0.4, -0.2) is 54.4 Å². The first-order valence-electron chi connectivity index (χ1n) is 7.57. The van der Waals surface area contributed by atoms with Crippen molar-refractivity contribution in [2.45, 2.75) is 11.3 Å². The second-order valence-electron chi connectivity index (χ2n) is 5.42. The number of benzene rings is 1. The lowest BCUT2D eigenvalue weighted by Gasteiger charge is -2.26. The zero-order valence-corrected chi connectivity index (χ0v) is 15.2. The molecule has 1 aromatic heterocycles. The summed E-state index contributed by atoms with van der Waals surface area (Å²) in [5.74, 6) is -1.13. The Hall–Kier alpha value is -2.51. The maximum Gasteiger partial charge on any atom is 0.291 e. The van der Waals surface area contributed by atoms with Gasteiger partial charge < -0.3 is 5.32 Å². The molecule has 0 bridgehead atoms. The van der Waals surface area contributed by atoms with E-state index < -0.39 is 33.3 Å². The van der Waals surface area contributed by atoms with E-state index in [1.807, 2.05) is 0 Å². The summed E-state index contributed by atoms with van der Waals surface area (Å²) in [6.45, 7) is 0.00733. The molecule has 2 heterocycles. The minimum atomic E-state index is -3.96. The fourth-order valence-corrected chi connectivity index (χ4v) is 4.35. The molecule has 1 aliphatic rings. The minimum Gasteiger partial charge on any atom is -0.354 e. The molecule has 0 aliphatic carbocycles. The fraction of sp³-hybridized carbons (Fsp3) is 0.286. The minimum absolute atomic E-state index is 0.00803. The smallest absolute Gasteiger partial charge is 0.291 e. The summed E-state index contributed by atoms with van der Waals surface area (Å²) in [5, 5.41) is 10.9. The summed E-state index contributed by atoms with van der Waals surface area (Å²) in [5.41, 5.74) is -0.00803. The van der Waals surface area contributed by atoms with Crippen LogP contribution in [0.25, 0.3) is 0 Å². The number of rotatable bonds is 5. The van der Waals surface area contributed by atoms with Gasteiger partial charge in [0.1, 0.15) is 0 Å². The van der Waals surface area contributed by atoms with Crippen molar-refractivity contribution in [3.63, 3.8) is 0 Å². The van der Waals surface area contributed by atoms with E-state index in [2.05, 4.69) is 20.8 Å². The quantitative estimate of drug-likeness (QED) is 0.744. The molecule has 2 aromatic rings. The molecule has 9 nitrogen and oxygen atoms in total. The van der Waals surface area contributed by atoms with Gasteiger partial charge in [-0.1, -0.05) is 17.4 Å². The fourth-order valence-electron chi connectivity index (χ4n) is 2.31. The Morgan fingerprint density at radius 2 is 2.11 bits per heavy atom. The van der Waals surface area contributed by atoms with Crippen molar-refractivity contribution in [2.75, 3.05) is 25.0 Å². The number of amides is 2. The van der Waals surface area contributed by atoms with Crippen molar-refractivity contribution in [2.24, 2.45) is 0 Å². The van der Waals surface area contributed by atoms with E-state index in [9.17, 15) is 26.8 Å². The summed E-state index contributed by atoms with van der Waals surface area (Å²) in [4.78, 5) is 23.5. The number of piperazine rings is 1. The molecule has 1 fully saturated rings. The first-order valence-corrected chi connectivity index (χ1v) is 9.83. The number of sulfonamides is 1. The SMILES string of the molecule is O=C1CN(S(=O)(=O)c2cccc(C(=O)Nc3nnc(C(F)F)s3)c2)CCN1. The molecule has 2 N–H and O–H groups in total. The number of alkyl halides is 2. The van der Waals surface area contributed by atoms with Crippen LogP contribution in [0.15, 0.2) is 29.2 Å². The summed E-state index contributed by atoms with van der Waals surface area (Å²) in [6, 6.07) is 5.19. The lowest BCUT2D eigenvalue weighted by atomic mass is 10.2. The number of carbonyl (C=O) groups excluding carboxylic acids is 2. The van der Waals surface area contributed by atoms with E-state index in [-0.39, 0.29) is 35.2 Å².